The molecule has 17 heavy (non-hydrogen) atoms. The summed E-state index contributed by atoms with van der Waals surface area (Å²) in [7, 11) is 0. The smallest absolute Gasteiger partial charge is 0.0638 e. The van der Waals surface area contributed by atoms with Gasteiger partial charge in [-0.25, -0.2) is 0 Å². The molecule has 0 aliphatic heterocycles. The fraction of sp³-hybridized carbons (Fsp3) is 0.357. The fourth-order valence-electron chi connectivity index (χ4n) is 1.99. The van der Waals surface area contributed by atoms with Crippen LogP contribution in [0.15, 0.2) is 24.3 Å². The highest BCUT2D eigenvalue weighted by Gasteiger charge is 2.05. The molecule has 0 saturated carbocycles. The van der Waals surface area contributed by atoms with Crippen molar-refractivity contribution >= 4 is 0 Å². The lowest BCUT2D eigenvalue weighted by Crippen LogP contribution is -2.13. The van der Waals surface area contributed by atoms with Crippen molar-refractivity contribution in [3.63, 3.8) is 0 Å². The van der Waals surface area contributed by atoms with E-state index >= 15 is 0 Å². The molecule has 1 aromatic heterocycles. The average Bonchev–Trinajstić information content (AvgIpc) is 2.61. The first-order valence-electron chi connectivity index (χ1n) is 5.93. The van der Waals surface area contributed by atoms with Gasteiger partial charge in [-0.1, -0.05) is 29.8 Å². The predicted molar refractivity (Wildman–Crippen MR) is 69.8 cm³/mol. The zero-order chi connectivity index (χ0) is 12.3. The van der Waals surface area contributed by atoms with Gasteiger partial charge in [-0.3, -0.25) is 5.10 Å². The molecule has 0 amide bonds. The lowest BCUT2D eigenvalue weighted by Gasteiger charge is -2.06. The number of rotatable bonds is 4. The van der Waals surface area contributed by atoms with Crippen LogP contribution in [-0.2, 0) is 13.1 Å². The summed E-state index contributed by atoms with van der Waals surface area (Å²) in [5, 5.41) is 10.6. The van der Waals surface area contributed by atoms with Gasteiger partial charge < -0.3 is 5.32 Å². The number of aryl methyl sites for hydroxylation is 3. The number of aromatic amines is 1. The summed E-state index contributed by atoms with van der Waals surface area (Å²) in [5.74, 6) is 0. The zero-order valence-corrected chi connectivity index (χ0v) is 10.7. The number of hydrogen-bond donors (Lipinski definition) is 2. The molecule has 0 aliphatic rings. The Balaban J connectivity index is 1.92. The minimum Gasteiger partial charge on any atom is -0.308 e. The highest BCUT2D eigenvalue weighted by Crippen LogP contribution is 2.09. The molecule has 0 spiro atoms. The van der Waals surface area contributed by atoms with Crippen molar-refractivity contribution in [2.75, 3.05) is 0 Å². The predicted octanol–water partition coefficient (Wildman–Crippen LogP) is 2.62. The maximum Gasteiger partial charge on any atom is 0.0638 e. The second-order valence-corrected chi connectivity index (χ2v) is 4.51. The van der Waals surface area contributed by atoms with Crippen molar-refractivity contribution in [1.29, 1.82) is 0 Å². The van der Waals surface area contributed by atoms with Crippen LogP contribution in [0.5, 0.6) is 0 Å². The van der Waals surface area contributed by atoms with Crippen LogP contribution in [0, 0.1) is 20.8 Å². The summed E-state index contributed by atoms with van der Waals surface area (Å²) in [4.78, 5) is 0. The number of benzene rings is 1. The van der Waals surface area contributed by atoms with E-state index in [1.165, 1.54) is 16.7 Å². The monoisotopic (exact) mass is 229 g/mol. The van der Waals surface area contributed by atoms with Gasteiger partial charge in [-0.05, 0) is 26.3 Å². The van der Waals surface area contributed by atoms with Crippen molar-refractivity contribution in [2.24, 2.45) is 0 Å². The highest BCUT2D eigenvalue weighted by atomic mass is 15.1. The van der Waals surface area contributed by atoms with Gasteiger partial charge in [0.2, 0.25) is 0 Å². The summed E-state index contributed by atoms with van der Waals surface area (Å²) in [5.41, 5.74) is 6.14. The van der Waals surface area contributed by atoms with E-state index in [0.29, 0.717) is 0 Å². The molecule has 0 radical (unpaired) electrons. The fourth-order valence-corrected chi connectivity index (χ4v) is 1.99. The van der Waals surface area contributed by atoms with Gasteiger partial charge >= 0.3 is 0 Å². The lowest BCUT2D eigenvalue weighted by molar-refractivity contribution is 0.688. The Bertz CT molecular complexity index is 480. The first-order valence-corrected chi connectivity index (χ1v) is 5.93. The molecule has 2 aromatic rings. The molecular formula is C14H19N3. The van der Waals surface area contributed by atoms with Crippen LogP contribution in [0.25, 0.3) is 0 Å². The van der Waals surface area contributed by atoms with Crippen LogP contribution < -0.4 is 5.32 Å². The molecule has 0 aliphatic carbocycles. The first kappa shape index (κ1) is 11.9. The molecule has 0 atom stereocenters. The Hall–Kier alpha value is -1.61. The Labute approximate surface area is 102 Å². The first-order chi connectivity index (χ1) is 8.16. The zero-order valence-electron chi connectivity index (χ0n) is 10.7. The van der Waals surface area contributed by atoms with Crippen molar-refractivity contribution in [1.82, 2.24) is 15.5 Å². The van der Waals surface area contributed by atoms with Crippen molar-refractivity contribution in [2.45, 2.75) is 33.9 Å². The molecule has 3 heteroatoms. The Morgan fingerprint density at radius 2 is 2.00 bits per heavy atom. The third-order valence-corrected chi connectivity index (χ3v) is 2.99. The topological polar surface area (TPSA) is 40.7 Å². The molecule has 2 N–H and O–H groups in total. The molecule has 0 unspecified atom stereocenters. The van der Waals surface area contributed by atoms with Crippen molar-refractivity contribution in [3.8, 4) is 0 Å². The quantitative estimate of drug-likeness (QED) is 0.846. The average molecular weight is 229 g/mol. The third kappa shape index (κ3) is 2.94. The van der Waals surface area contributed by atoms with Crippen molar-refractivity contribution in [3.05, 3.63) is 52.3 Å². The summed E-state index contributed by atoms with van der Waals surface area (Å²) < 4.78 is 0. The summed E-state index contributed by atoms with van der Waals surface area (Å²) in [6.45, 7) is 7.97. The maximum atomic E-state index is 4.19. The second-order valence-electron chi connectivity index (χ2n) is 4.51. The minimum atomic E-state index is 0.863. The van der Waals surface area contributed by atoms with Gasteiger partial charge in [-0.15, -0.1) is 0 Å². The minimum absolute atomic E-state index is 0.863. The van der Waals surface area contributed by atoms with Crippen LogP contribution in [0.3, 0.4) is 0 Å². The molecule has 0 fully saturated rings. The summed E-state index contributed by atoms with van der Waals surface area (Å²) in [6, 6.07) is 8.58. The maximum absolute atomic E-state index is 4.19. The van der Waals surface area contributed by atoms with E-state index < -0.39 is 0 Å². The van der Waals surface area contributed by atoms with Crippen LogP contribution in [0.4, 0.5) is 0 Å². The summed E-state index contributed by atoms with van der Waals surface area (Å²) >= 11 is 0. The number of nitrogens with one attached hydrogen (secondary N) is 2. The second kappa shape index (κ2) is 5.15. The van der Waals surface area contributed by atoms with Gasteiger partial charge in [0.25, 0.3) is 0 Å². The van der Waals surface area contributed by atoms with E-state index in [4.69, 9.17) is 0 Å². The molecule has 0 bridgehead atoms. The third-order valence-electron chi connectivity index (χ3n) is 2.99. The summed E-state index contributed by atoms with van der Waals surface area (Å²) in [6.07, 6.45) is 0. The van der Waals surface area contributed by atoms with E-state index in [-0.39, 0.29) is 0 Å². The Morgan fingerprint density at radius 1 is 1.18 bits per heavy atom. The molecular weight excluding hydrogens is 210 g/mol. The number of hydrogen-bond acceptors (Lipinski definition) is 2. The molecule has 2 rings (SSSR count). The number of nitrogens with zero attached hydrogens (tertiary/aromatic N) is 1. The molecule has 1 heterocycles. The van der Waals surface area contributed by atoms with Gasteiger partial charge in [0.15, 0.2) is 0 Å². The Morgan fingerprint density at radius 3 is 2.65 bits per heavy atom. The van der Waals surface area contributed by atoms with E-state index in [9.17, 15) is 0 Å². The largest absolute Gasteiger partial charge is 0.308 e. The van der Waals surface area contributed by atoms with Crippen LogP contribution in [-0.4, -0.2) is 10.2 Å². The van der Waals surface area contributed by atoms with Crippen LogP contribution >= 0.6 is 0 Å². The van der Waals surface area contributed by atoms with Gasteiger partial charge in [0.05, 0.1) is 5.69 Å². The molecule has 3 nitrogen and oxygen atoms in total. The standard InChI is InChI=1S/C14H19N3/c1-10-5-4-6-13(7-10)8-15-9-14-11(2)16-17-12(14)3/h4-7,15H,8-9H2,1-3H3,(H,16,17). The van der Waals surface area contributed by atoms with Crippen LogP contribution in [0.2, 0.25) is 0 Å². The lowest BCUT2D eigenvalue weighted by atomic mass is 10.1. The molecule has 1 aromatic carbocycles. The van der Waals surface area contributed by atoms with E-state index in [1.54, 1.807) is 0 Å². The molecule has 0 saturated heterocycles. The van der Waals surface area contributed by atoms with Gasteiger partial charge in [0, 0.05) is 24.3 Å². The van der Waals surface area contributed by atoms with Crippen molar-refractivity contribution < 1.29 is 0 Å². The number of aromatic nitrogens is 2. The van der Waals surface area contributed by atoms with E-state index in [1.807, 2.05) is 6.92 Å². The van der Waals surface area contributed by atoms with Gasteiger partial charge in [-0.2, -0.15) is 5.10 Å². The normalized spacial score (nSPS) is 10.8. The van der Waals surface area contributed by atoms with E-state index in [0.717, 1.165) is 24.5 Å². The van der Waals surface area contributed by atoms with Gasteiger partial charge in [0.1, 0.15) is 0 Å². The van der Waals surface area contributed by atoms with E-state index in [2.05, 4.69) is 53.6 Å². The highest BCUT2D eigenvalue weighted by molar-refractivity contribution is 5.24. The number of H-pyrrole nitrogens is 1. The van der Waals surface area contributed by atoms with Crippen LogP contribution in [0.1, 0.15) is 28.1 Å². The molecule has 90 valence electrons. The Kier molecular flexibility index (Phi) is 3.59. The SMILES string of the molecule is Cc1cccc(CNCc2c(C)n[nH]c2C)c1.